The molecule has 2 rings (SSSR count). The normalized spacial score (nSPS) is 12.4. The van der Waals surface area contributed by atoms with E-state index in [1.807, 2.05) is 30.3 Å². The lowest BCUT2D eigenvalue weighted by atomic mass is 10.2. The molecule has 1 aromatic heterocycles. The molecule has 1 atom stereocenters. The van der Waals surface area contributed by atoms with Crippen LogP contribution in [0.2, 0.25) is 0 Å². The van der Waals surface area contributed by atoms with Crippen LogP contribution in [0.3, 0.4) is 0 Å². The number of halogens is 1. The molecule has 0 radical (unpaired) electrons. The van der Waals surface area contributed by atoms with Gasteiger partial charge in [-0.15, -0.1) is 0 Å². The minimum atomic E-state index is -0.569. The van der Waals surface area contributed by atoms with Crippen LogP contribution < -0.4 is 4.74 Å². The molecule has 0 aliphatic rings. The second-order valence-corrected chi connectivity index (χ2v) is 4.62. The van der Waals surface area contributed by atoms with E-state index in [4.69, 9.17) is 9.15 Å². The first-order valence-electron chi connectivity index (χ1n) is 5.33. The van der Waals surface area contributed by atoms with Crippen LogP contribution in [0.5, 0.6) is 5.75 Å². The molecule has 17 heavy (non-hydrogen) atoms. The molecule has 90 valence electrons. The zero-order valence-corrected chi connectivity index (χ0v) is 10.8. The van der Waals surface area contributed by atoms with Gasteiger partial charge in [0.15, 0.2) is 0 Å². The zero-order chi connectivity index (χ0) is 12.1. The molecule has 1 N–H and O–H groups in total. The summed E-state index contributed by atoms with van der Waals surface area (Å²) in [5, 5.41) is 9.75. The molecular formula is C13H13BrO3. The second-order valence-electron chi connectivity index (χ2n) is 3.71. The first-order valence-corrected chi connectivity index (χ1v) is 6.12. The number of aliphatic hydroxyl groups is 1. The number of aliphatic hydroxyl groups excluding tert-OH is 1. The van der Waals surface area contributed by atoms with Gasteiger partial charge >= 0.3 is 0 Å². The minimum absolute atomic E-state index is 0.247. The number of hydrogen-bond donors (Lipinski definition) is 1. The van der Waals surface area contributed by atoms with E-state index in [-0.39, 0.29) is 6.61 Å². The predicted octanol–water partition coefficient (Wildman–Crippen LogP) is 3.02. The molecule has 1 heterocycles. The van der Waals surface area contributed by atoms with Crippen molar-refractivity contribution in [3.63, 3.8) is 0 Å². The van der Waals surface area contributed by atoms with Crippen LogP contribution in [0.15, 0.2) is 51.6 Å². The van der Waals surface area contributed by atoms with Crippen LogP contribution in [-0.4, -0.2) is 17.8 Å². The van der Waals surface area contributed by atoms with Crippen molar-refractivity contribution in [3.8, 4) is 5.75 Å². The standard InChI is InChI=1S/C13H13BrO3/c14-10-3-1-4-12(7-10)17-9-11(15)8-13-5-2-6-16-13/h1-7,11,15H,8-9H2. The summed E-state index contributed by atoms with van der Waals surface area (Å²) in [7, 11) is 0. The molecular weight excluding hydrogens is 284 g/mol. The van der Waals surface area contributed by atoms with E-state index in [2.05, 4.69) is 15.9 Å². The van der Waals surface area contributed by atoms with Gasteiger partial charge in [-0.3, -0.25) is 0 Å². The van der Waals surface area contributed by atoms with Crippen molar-refractivity contribution in [1.82, 2.24) is 0 Å². The van der Waals surface area contributed by atoms with Gasteiger partial charge in [0, 0.05) is 10.9 Å². The maximum Gasteiger partial charge on any atom is 0.120 e. The van der Waals surface area contributed by atoms with Crippen molar-refractivity contribution >= 4 is 15.9 Å². The van der Waals surface area contributed by atoms with Crippen molar-refractivity contribution in [1.29, 1.82) is 0 Å². The molecule has 2 aromatic rings. The first-order chi connectivity index (χ1) is 8.24. The fourth-order valence-electron chi connectivity index (χ4n) is 1.47. The second kappa shape index (κ2) is 5.89. The lowest BCUT2D eigenvalue weighted by Gasteiger charge is -2.11. The molecule has 3 nitrogen and oxygen atoms in total. The Bertz CT molecular complexity index is 453. The van der Waals surface area contributed by atoms with Gasteiger partial charge in [-0.2, -0.15) is 0 Å². The molecule has 0 aliphatic heterocycles. The third-order valence-corrected chi connectivity index (χ3v) is 2.75. The summed E-state index contributed by atoms with van der Waals surface area (Å²) in [6.07, 6.45) is 1.48. The summed E-state index contributed by atoms with van der Waals surface area (Å²) < 4.78 is 11.6. The highest BCUT2D eigenvalue weighted by Gasteiger charge is 2.08. The molecule has 0 saturated heterocycles. The number of benzene rings is 1. The Morgan fingerprint density at radius 3 is 2.88 bits per heavy atom. The van der Waals surface area contributed by atoms with Crippen LogP contribution in [-0.2, 0) is 6.42 Å². The first kappa shape index (κ1) is 12.2. The van der Waals surface area contributed by atoms with Crippen molar-refractivity contribution in [2.45, 2.75) is 12.5 Å². The highest BCUT2D eigenvalue weighted by Crippen LogP contribution is 2.18. The van der Waals surface area contributed by atoms with Crippen LogP contribution in [0, 0.1) is 0 Å². The van der Waals surface area contributed by atoms with Gasteiger partial charge in [0.05, 0.1) is 12.4 Å². The highest BCUT2D eigenvalue weighted by atomic mass is 79.9. The van der Waals surface area contributed by atoms with Gasteiger partial charge in [0.2, 0.25) is 0 Å². The highest BCUT2D eigenvalue weighted by molar-refractivity contribution is 9.10. The average Bonchev–Trinajstić information content (AvgIpc) is 2.79. The van der Waals surface area contributed by atoms with Gasteiger partial charge < -0.3 is 14.3 Å². The molecule has 0 saturated carbocycles. The van der Waals surface area contributed by atoms with Crippen LogP contribution >= 0.6 is 15.9 Å². The Hall–Kier alpha value is -1.26. The van der Waals surface area contributed by atoms with E-state index < -0.39 is 6.10 Å². The van der Waals surface area contributed by atoms with E-state index >= 15 is 0 Å². The fourth-order valence-corrected chi connectivity index (χ4v) is 1.85. The molecule has 0 bridgehead atoms. The summed E-state index contributed by atoms with van der Waals surface area (Å²) in [5.41, 5.74) is 0. The van der Waals surface area contributed by atoms with Gasteiger partial charge in [-0.05, 0) is 30.3 Å². The van der Waals surface area contributed by atoms with Crippen molar-refractivity contribution in [2.75, 3.05) is 6.61 Å². The Balaban J connectivity index is 1.82. The van der Waals surface area contributed by atoms with Gasteiger partial charge in [0.1, 0.15) is 18.1 Å². The maximum absolute atomic E-state index is 9.75. The lowest BCUT2D eigenvalue weighted by molar-refractivity contribution is 0.103. The number of hydrogen-bond acceptors (Lipinski definition) is 3. The molecule has 0 fully saturated rings. The third-order valence-electron chi connectivity index (χ3n) is 2.26. The molecule has 1 aromatic carbocycles. The quantitative estimate of drug-likeness (QED) is 0.922. The molecule has 0 spiro atoms. The Morgan fingerprint density at radius 2 is 2.18 bits per heavy atom. The number of ether oxygens (including phenoxy) is 1. The predicted molar refractivity (Wildman–Crippen MR) is 68.1 cm³/mol. The molecule has 1 unspecified atom stereocenters. The SMILES string of the molecule is OC(COc1cccc(Br)c1)Cc1ccco1. The Labute approximate surface area is 108 Å². The Kier molecular flexibility index (Phi) is 4.23. The van der Waals surface area contributed by atoms with Gasteiger partial charge in [-0.1, -0.05) is 22.0 Å². The van der Waals surface area contributed by atoms with Gasteiger partial charge in [0.25, 0.3) is 0 Å². The largest absolute Gasteiger partial charge is 0.491 e. The summed E-state index contributed by atoms with van der Waals surface area (Å²) >= 11 is 3.36. The van der Waals surface area contributed by atoms with Crippen molar-refractivity contribution < 1.29 is 14.3 Å². The van der Waals surface area contributed by atoms with E-state index in [1.54, 1.807) is 12.3 Å². The summed E-state index contributed by atoms with van der Waals surface area (Å²) in [6, 6.07) is 11.2. The van der Waals surface area contributed by atoms with Gasteiger partial charge in [-0.25, -0.2) is 0 Å². The minimum Gasteiger partial charge on any atom is -0.491 e. The summed E-state index contributed by atoms with van der Waals surface area (Å²) in [5.74, 6) is 1.49. The summed E-state index contributed by atoms with van der Waals surface area (Å²) in [4.78, 5) is 0. The van der Waals surface area contributed by atoms with E-state index in [0.717, 1.165) is 16.0 Å². The Morgan fingerprint density at radius 1 is 1.29 bits per heavy atom. The molecule has 0 amide bonds. The summed E-state index contributed by atoms with van der Waals surface area (Å²) in [6.45, 7) is 0.247. The fraction of sp³-hybridized carbons (Fsp3) is 0.231. The lowest BCUT2D eigenvalue weighted by Crippen LogP contribution is -2.19. The van der Waals surface area contributed by atoms with Crippen LogP contribution in [0.4, 0.5) is 0 Å². The topological polar surface area (TPSA) is 42.6 Å². The molecule has 0 aliphatic carbocycles. The number of rotatable bonds is 5. The van der Waals surface area contributed by atoms with Crippen molar-refractivity contribution in [3.05, 3.63) is 52.9 Å². The average molecular weight is 297 g/mol. The van der Waals surface area contributed by atoms with E-state index in [9.17, 15) is 5.11 Å². The zero-order valence-electron chi connectivity index (χ0n) is 9.17. The van der Waals surface area contributed by atoms with Crippen molar-refractivity contribution in [2.24, 2.45) is 0 Å². The number of furan rings is 1. The van der Waals surface area contributed by atoms with Crippen LogP contribution in [0.1, 0.15) is 5.76 Å². The van der Waals surface area contributed by atoms with Crippen LogP contribution in [0.25, 0.3) is 0 Å². The molecule has 4 heteroatoms. The smallest absolute Gasteiger partial charge is 0.120 e. The van der Waals surface area contributed by atoms with E-state index in [1.165, 1.54) is 0 Å². The third kappa shape index (κ3) is 3.91. The monoisotopic (exact) mass is 296 g/mol. The van der Waals surface area contributed by atoms with E-state index in [0.29, 0.717) is 6.42 Å². The maximum atomic E-state index is 9.75.